The maximum absolute atomic E-state index is 13.0. The number of hydrogen-bond donors (Lipinski definition) is 9. The third-order valence-corrected chi connectivity index (χ3v) is 18.4. The second-order valence-electron chi connectivity index (χ2n) is 21.6. The molecule has 4 saturated carbocycles. The minimum absolute atomic E-state index is 0.0433. The van der Waals surface area contributed by atoms with Crippen LogP contribution in [0.3, 0.4) is 0 Å². The Labute approximate surface area is 364 Å². The lowest BCUT2D eigenvalue weighted by atomic mass is 9.34. The van der Waals surface area contributed by atoms with Crippen molar-refractivity contribution in [1.82, 2.24) is 0 Å². The van der Waals surface area contributed by atoms with Gasteiger partial charge in [-0.05, 0) is 105 Å². The molecule has 8 rings (SSSR count). The number of carboxylic acids is 1. The van der Waals surface area contributed by atoms with E-state index in [0.29, 0.717) is 25.2 Å². The monoisotopic (exact) mass is 880 g/mol. The van der Waals surface area contributed by atoms with Crippen LogP contribution in [0.5, 0.6) is 0 Å². The van der Waals surface area contributed by atoms with Crippen LogP contribution in [0.1, 0.15) is 106 Å². The summed E-state index contributed by atoms with van der Waals surface area (Å²) in [5.41, 5.74) is 0.973. The van der Waals surface area contributed by atoms with Crippen molar-refractivity contribution < 1.29 is 79.2 Å². The van der Waals surface area contributed by atoms with Gasteiger partial charge in [0.05, 0.1) is 30.8 Å². The van der Waals surface area contributed by atoms with Crippen molar-refractivity contribution in [2.75, 3.05) is 13.2 Å². The zero-order valence-corrected chi connectivity index (χ0v) is 37.0. The third kappa shape index (κ3) is 7.12. The van der Waals surface area contributed by atoms with Crippen molar-refractivity contribution in [2.45, 2.75) is 198 Å². The predicted octanol–water partition coefficient (Wildman–Crippen LogP) is 1.90. The first kappa shape index (κ1) is 46.9. The molecule has 16 nitrogen and oxygen atoms in total. The summed E-state index contributed by atoms with van der Waals surface area (Å²) in [6.07, 6.45) is -11.1. The smallest absolute Gasteiger partial charge is 0.310 e. The van der Waals surface area contributed by atoms with Crippen LogP contribution >= 0.6 is 0 Å². The summed E-state index contributed by atoms with van der Waals surface area (Å²) in [6.45, 7) is 16.5. The van der Waals surface area contributed by atoms with Crippen LogP contribution in [-0.4, -0.2) is 157 Å². The first-order chi connectivity index (χ1) is 29.1. The Hall–Kier alpha value is -1.61. The van der Waals surface area contributed by atoms with Gasteiger partial charge in [-0.1, -0.05) is 58.4 Å². The molecular formula is C46H72O16. The maximum Gasteiger partial charge on any atom is 0.310 e. The van der Waals surface area contributed by atoms with Gasteiger partial charge in [-0.25, -0.2) is 0 Å². The number of aliphatic carboxylic acids is 1. The standard InChI is InChI=1S/C46H72O16/c1-21-10-15-46(41(55)56)17-16-44(6)23(24(46)18-21)8-9-28-43(5)13-12-29(42(3,4)27(43)11-14-45(28,44)7)60-40-37(62-38-34(53)32(51)30(49)22(2)58-38)36(25(48)20-57-40)61-39-35(54)33(52)31(50)26(19-47)59-39/h8,22,24-40,47-54H,1,9-20H2,2-7H3,(H,55,56). The number of aliphatic hydroxyl groups is 8. The molecule has 9 N–H and O–H groups in total. The van der Waals surface area contributed by atoms with Gasteiger partial charge < -0.3 is 74.4 Å². The molecule has 8 aliphatic rings. The zero-order valence-electron chi connectivity index (χ0n) is 37.0. The average molecular weight is 881 g/mol. The van der Waals surface area contributed by atoms with E-state index in [0.717, 1.165) is 50.5 Å². The molecule has 3 saturated heterocycles. The van der Waals surface area contributed by atoms with Gasteiger partial charge in [0.1, 0.15) is 61.0 Å². The van der Waals surface area contributed by atoms with Crippen LogP contribution in [0.15, 0.2) is 23.8 Å². The number of carboxylic acid groups (broad SMARTS) is 1. The molecule has 0 bridgehead atoms. The topological polar surface area (TPSA) is 255 Å². The van der Waals surface area contributed by atoms with Crippen molar-refractivity contribution in [1.29, 1.82) is 0 Å². The number of carbonyl (C=O) groups is 1. The average Bonchev–Trinajstić information content (AvgIpc) is 3.22. The van der Waals surface area contributed by atoms with Crippen molar-refractivity contribution in [3.8, 4) is 0 Å². The predicted molar refractivity (Wildman–Crippen MR) is 219 cm³/mol. The Morgan fingerprint density at radius 2 is 1.44 bits per heavy atom. The minimum Gasteiger partial charge on any atom is -0.481 e. The Kier molecular flexibility index (Phi) is 12.6. The molecule has 0 spiro atoms. The van der Waals surface area contributed by atoms with E-state index in [1.54, 1.807) is 0 Å². The Morgan fingerprint density at radius 3 is 2.11 bits per heavy atom. The molecule has 7 fully saturated rings. The molecular weight excluding hydrogens is 808 g/mol. The van der Waals surface area contributed by atoms with E-state index in [2.05, 4.69) is 47.3 Å². The number of fused-ring (bicyclic) bond motifs is 7. The fraction of sp³-hybridized carbons (Fsp3) is 0.891. The molecule has 16 heteroatoms. The Balaban J connectivity index is 1.06. The van der Waals surface area contributed by atoms with Gasteiger partial charge in [0.25, 0.3) is 0 Å². The highest BCUT2D eigenvalue weighted by molar-refractivity contribution is 5.77. The molecule has 62 heavy (non-hydrogen) atoms. The van der Waals surface area contributed by atoms with Gasteiger partial charge in [0, 0.05) is 5.92 Å². The second-order valence-corrected chi connectivity index (χ2v) is 21.6. The highest BCUT2D eigenvalue weighted by Crippen LogP contribution is 2.75. The molecule has 0 amide bonds. The fourth-order valence-corrected chi connectivity index (χ4v) is 14.4. The Morgan fingerprint density at radius 1 is 0.774 bits per heavy atom. The van der Waals surface area contributed by atoms with Crippen molar-refractivity contribution in [2.24, 2.45) is 44.8 Å². The van der Waals surface area contributed by atoms with Crippen molar-refractivity contribution >= 4 is 5.97 Å². The molecule has 0 aromatic heterocycles. The van der Waals surface area contributed by atoms with E-state index >= 15 is 0 Å². The first-order valence-corrected chi connectivity index (χ1v) is 22.9. The van der Waals surface area contributed by atoms with E-state index in [9.17, 15) is 50.8 Å². The van der Waals surface area contributed by atoms with Crippen molar-refractivity contribution in [3.63, 3.8) is 0 Å². The molecule has 0 radical (unpaired) electrons. The highest BCUT2D eigenvalue weighted by atomic mass is 16.8. The zero-order chi connectivity index (χ0) is 45.1. The van der Waals surface area contributed by atoms with Gasteiger partial charge >= 0.3 is 5.97 Å². The van der Waals surface area contributed by atoms with Gasteiger partial charge in [-0.15, -0.1) is 0 Å². The second kappa shape index (κ2) is 16.6. The summed E-state index contributed by atoms with van der Waals surface area (Å²) in [5.74, 6) is -0.185. The molecule has 5 aliphatic carbocycles. The molecule has 0 aromatic rings. The summed E-state index contributed by atoms with van der Waals surface area (Å²) in [7, 11) is 0. The van der Waals surface area contributed by atoms with Crippen LogP contribution in [-0.2, 0) is 33.2 Å². The number of aliphatic hydroxyl groups excluding tert-OH is 8. The maximum atomic E-state index is 13.0. The minimum atomic E-state index is -1.80. The summed E-state index contributed by atoms with van der Waals surface area (Å²) in [5, 5.41) is 95.9. The molecule has 22 atom stereocenters. The summed E-state index contributed by atoms with van der Waals surface area (Å²) in [6, 6.07) is 0. The van der Waals surface area contributed by atoms with Gasteiger partial charge in [0.2, 0.25) is 0 Å². The lowest BCUT2D eigenvalue weighted by Crippen LogP contribution is -2.66. The van der Waals surface area contributed by atoms with E-state index in [1.165, 1.54) is 12.5 Å². The highest BCUT2D eigenvalue weighted by Gasteiger charge is 2.69. The summed E-state index contributed by atoms with van der Waals surface area (Å²) >= 11 is 0. The van der Waals surface area contributed by atoms with Gasteiger partial charge in [-0.3, -0.25) is 4.79 Å². The first-order valence-electron chi connectivity index (χ1n) is 22.9. The Bertz CT molecular complexity index is 1720. The molecule has 3 heterocycles. The quantitative estimate of drug-likeness (QED) is 0.125. The number of rotatable bonds is 8. The summed E-state index contributed by atoms with van der Waals surface area (Å²) in [4.78, 5) is 13.0. The van der Waals surface area contributed by atoms with E-state index in [1.807, 2.05) is 0 Å². The summed E-state index contributed by atoms with van der Waals surface area (Å²) < 4.78 is 37.1. The van der Waals surface area contributed by atoms with E-state index in [-0.39, 0.29) is 34.7 Å². The molecule has 0 aromatic carbocycles. The van der Waals surface area contributed by atoms with Crippen LogP contribution in [0, 0.1) is 44.8 Å². The molecule has 352 valence electrons. The molecule has 3 aliphatic heterocycles. The van der Waals surface area contributed by atoms with Crippen LogP contribution < -0.4 is 0 Å². The van der Waals surface area contributed by atoms with Gasteiger partial charge in [0.15, 0.2) is 18.9 Å². The third-order valence-electron chi connectivity index (χ3n) is 18.4. The number of allylic oxidation sites excluding steroid dienone is 3. The number of hydrogen-bond acceptors (Lipinski definition) is 15. The van der Waals surface area contributed by atoms with Crippen LogP contribution in [0.25, 0.3) is 0 Å². The largest absolute Gasteiger partial charge is 0.481 e. The SMILES string of the molecule is C=C1CCC2(C(=O)O)CCC3(C)C(=CCC4C5(C)CCC(OC6OCC(O)C(OC7OC(CO)C(O)C(O)C7O)C6OC6OC(C)C(O)C(O)C6O)C(C)(C)C5CCC43C)C2C1. The lowest BCUT2D eigenvalue weighted by molar-refractivity contribution is -0.388. The fourth-order valence-electron chi connectivity index (χ4n) is 14.4. The lowest BCUT2D eigenvalue weighted by Gasteiger charge is -2.71. The van der Waals surface area contributed by atoms with Crippen molar-refractivity contribution in [3.05, 3.63) is 23.8 Å². The van der Waals surface area contributed by atoms with Crippen LogP contribution in [0.2, 0.25) is 0 Å². The van der Waals surface area contributed by atoms with E-state index < -0.39 is 116 Å². The van der Waals surface area contributed by atoms with Crippen LogP contribution in [0.4, 0.5) is 0 Å². The normalized spacial score (nSPS) is 54.0. The number of ether oxygens (including phenoxy) is 6. The van der Waals surface area contributed by atoms with E-state index in [4.69, 9.17) is 28.4 Å². The molecule has 22 unspecified atom stereocenters. The van der Waals surface area contributed by atoms with Gasteiger partial charge in [-0.2, -0.15) is 0 Å².